The van der Waals surface area contributed by atoms with E-state index in [4.69, 9.17) is 5.11 Å². The lowest BCUT2D eigenvalue weighted by molar-refractivity contribution is -0.140. The summed E-state index contributed by atoms with van der Waals surface area (Å²) in [5.74, 6) is -1.26. The maximum Gasteiger partial charge on any atom is 0.308 e. The second kappa shape index (κ2) is 6.06. The quantitative estimate of drug-likeness (QED) is 0.860. The van der Waals surface area contributed by atoms with Crippen molar-refractivity contribution in [2.45, 2.75) is 18.7 Å². The van der Waals surface area contributed by atoms with Crippen molar-refractivity contribution >= 4 is 21.5 Å². The van der Waals surface area contributed by atoms with Crippen LogP contribution in [0.4, 0.5) is 5.69 Å². The van der Waals surface area contributed by atoms with Gasteiger partial charge in [0, 0.05) is 19.3 Å². The number of benzene rings is 1. The number of nitrogens with zero attached hydrogens (tertiary/aromatic N) is 1. The fourth-order valence-corrected chi connectivity index (χ4v) is 2.55. The Bertz CT molecular complexity index is 536. The lowest BCUT2D eigenvalue weighted by Gasteiger charge is -2.21. The van der Waals surface area contributed by atoms with Gasteiger partial charge >= 0.3 is 5.97 Å². The zero-order chi connectivity index (χ0) is 14.6. The smallest absolute Gasteiger partial charge is 0.308 e. The van der Waals surface area contributed by atoms with E-state index in [0.29, 0.717) is 11.4 Å². The number of hydrogen-bond acceptors (Lipinski definition) is 4. The summed E-state index contributed by atoms with van der Waals surface area (Å²) in [4.78, 5) is 12.9. The largest absolute Gasteiger partial charge is 0.481 e. The molecule has 1 aromatic carbocycles. The third-order valence-corrected chi connectivity index (χ3v) is 4.74. The average molecular weight is 285 g/mol. The third kappa shape index (κ3) is 3.96. The number of carboxylic acid groups (broad SMARTS) is 1. The summed E-state index contributed by atoms with van der Waals surface area (Å²) in [6.07, 6.45) is 0. The third-order valence-electron chi connectivity index (χ3n) is 2.99. The van der Waals surface area contributed by atoms with Crippen LogP contribution in [0.15, 0.2) is 29.2 Å². The van der Waals surface area contributed by atoms with Crippen molar-refractivity contribution < 1.29 is 18.3 Å². The van der Waals surface area contributed by atoms with Gasteiger partial charge in [-0.3, -0.25) is 4.79 Å². The van der Waals surface area contributed by atoms with E-state index in [1.54, 1.807) is 50.1 Å². The number of rotatable bonds is 6. The first-order valence-corrected chi connectivity index (χ1v) is 7.70. The molecule has 0 aliphatic rings. The minimum absolute atomic E-state index is 0.0677. The average Bonchev–Trinajstić information content (AvgIpc) is 2.38. The fourth-order valence-electron chi connectivity index (χ4n) is 1.67. The Kier molecular flexibility index (Phi) is 4.94. The molecule has 0 fully saturated rings. The van der Waals surface area contributed by atoms with Crippen molar-refractivity contribution in [2.75, 3.05) is 24.2 Å². The van der Waals surface area contributed by atoms with Gasteiger partial charge in [0.1, 0.15) is 0 Å². The van der Waals surface area contributed by atoms with E-state index in [-0.39, 0.29) is 5.75 Å². The highest BCUT2D eigenvalue weighted by molar-refractivity contribution is 7.91. The Morgan fingerprint density at radius 3 is 2.26 bits per heavy atom. The molecule has 1 aromatic rings. The van der Waals surface area contributed by atoms with Crippen LogP contribution < -0.4 is 4.90 Å². The molecule has 5 nitrogen and oxygen atoms in total. The summed E-state index contributed by atoms with van der Waals surface area (Å²) < 4.78 is 23.3. The molecule has 106 valence electrons. The highest BCUT2D eigenvalue weighted by atomic mass is 32.2. The van der Waals surface area contributed by atoms with Crippen molar-refractivity contribution in [3.63, 3.8) is 0 Å². The summed E-state index contributed by atoms with van der Waals surface area (Å²) in [7, 11) is -1.41. The number of anilines is 1. The summed E-state index contributed by atoms with van der Waals surface area (Å²) in [6, 6.07) is 6.49. The number of sulfone groups is 1. The van der Waals surface area contributed by atoms with E-state index >= 15 is 0 Å². The first kappa shape index (κ1) is 15.5. The highest BCUT2D eigenvalue weighted by Crippen LogP contribution is 2.18. The topological polar surface area (TPSA) is 74.7 Å². The van der Waals surface area contributed by atoms with Gasteiger partial charge in [-0.15, -0.1) is 0 Å². The molecule has 0 spiro atoms. The summed E-state index contributed by atoms with van der Waals surface area (Å²) >= 11 is 0. The lowest BCUT2D eigenvalue weighted by atomic mass is 10.1. The molecule has 0 heterocycles. The highest BCUT2D eigenvalue weighted by Gasteiger charge is 2.15. The van der Waals surface area contributed by atoms with Crippen LogP contribution in [0.25, 0.3) is 0 Å². The molecule has 0 saturated carbocycles. The van der Waals surface area contributed by atoms with Crippen molar-refractivity contribution in [3.05, 3.63) is 24.3 Å². The molecule has 0 saturated heterocycles. The van der Waals surface area contributed by atoms with Crippen LogP contribution in [0.3, 0.4) is 0 Å². The second-order valence-electron chi connectivity index (χ2n) is 4.52. The Morgan fingerprint density at radius 2 is 1.84 bits per heavy atom. The van der Waals surface area contributed by atoms with E-state index in [1.807, 2.05) is 0 Å². The maximum absolute atomic E-state index is 11.7. The van der Waals surface area contributed by atoms with Crippen LogP contribution in [0.5, 0.6) is 0 Å². The number of hydrogen-bond donors (Lipinski definition) is 1. The van der Waals surface area contributed by atoms with Crippen LogP contribution in [-0.2, 0) is 14.6 Å². The molecule has 0 aliphatic heterocycles. The van der Waals surface area contributed by atoms with Gasteiger partial charge in [-0.25, -0.2) is 8.42 Å². The van der Waals surface area contributed by atoms with Gasteiger partial charge in [-0.2, -0.15) is 0 Å². The molecule has 0 unspecified atom stereocenters. The van der Waals surface area contributed by atoms with E-state index in [0.717, 1.165) is 5.69 Å². The van der Waals surface area contributed by atoms with Crippen molar-refractivity contribution in [1.29, 1.82) is 0 Å². The maximum atomic E-state index is 11.7. The molecule has 0 amide bonds. The van der Waals surface area contributed by atoms with Crippen molar-refractivity contribution in [2.24, 2.45) is 5.92 Å². The lowest BCUT2D eigenvalue weighted by Crippen LogP contribution is -2.28. The molecule has 1 rings (SSSR count). The van der Waals surface area contributed by atoms with Crippen molar-refractivity contribution in [1.82, 2.24) is 0 Å². The first-order chi connectivity index (χ1) is 8.77. The first-order valence-electron chi connectivity index (χ1n) is 6.04. The van der Waals surface area contributed by atoms with E-state index in [9.17, 15) is 13.2 Å². The Balaban J connectivity index is 2.85. The van der Waals surface area contributed by atoms with Gasteiger partial charge in [0.05, 0.1) is 16.6 Å². The SMILES string of the molecule is CCS(=O)(=O)c1ccc(N(C)C[C@H](C)C(=O)O)cc1. The molecule has 0 bridgehead atoms. The molecular weight excluding hydrogens is 266 g/mol. The fraction of sp³-hybridized carbons (Fsp3) is 0.462. The van der Waals surface area contributed by atoms with Gasteiger partial charge in [0.2, 0.25) is 0 Å². The normalized spacial score (nSPS) is 13.0. The van der Waals surface area contributed by atoms with Crippen LogP contribution in [0.2, 0.25) is 0 Å². The monoisotopic (exact) mass is 285 g/mol. The molecule has 19 heavy (non-hydrogen) atoms. The number of aliphatic carboxylic acids is 1. The molecular formula is C13H19NO4S. The van der Waals surface area contributed by atoms with E-state index in [1.165, 1.54) is 0 Å². The van der Waals surface area contributed by atoms with Crippen LogP contribution in [-0.4, -0.2) is 38.8 Å². The van der Waals surface area contributed by atoms with Gasteiger partial charge in [-0.05, 0) is 24.3 Å². The van der Waals surface area contributed by atoms with Gasteiger partial charge in [0.15, 0.2) is 9.84 Å². The standard InChI is InChI=1S/C13H19NO4S/c1-4-19(17,18)12-7-5-11(6-8-12)14(3)9-10(2)13(15)16/h5-8,10H,4,9H2,1-3H3,(H,15,16)/t10-/m0/s1. The van der Waals surface area contributed by atoms with Gasteiger partial charge in [0.25, 0.3) is 0 Å². The number of carbonyl (C=O) groups is 1. The van der Waals surface area contributed by atoms with Crippen LogP contribution in [0, 0.1) is 5.92 Å². The summed E-state index contributed by atoms with van der Waals surface area (Å²) in [6.45, 7) is 3.61. The molecule has 1 atom stereocenters. The molecule has 0 radical (unpaired) electrons. The van der Waals surface area contributed by atoms with E-state index < -0.39 is 21.7 Å². The summed E-state index contributed by atoms with van der Waals surface area (Å²) in [5, 5.41) is 8.85. The number of carboxylic acids is 1. The molecule has 1 N–H and O–H groups in total. The predicted molar refractivity (Wildman–Crippen MR) is 74.2 cm³/mol. The van der Waals surface area contributed by atoms with Crippen LogP contribution >= 0.6 is 0 Å². The Labute approximate surface area is 113 Å². The van der Waals surface area contributed by atoms with Crippen molar-refractivity contribution in [3.8, 4) is 0 Å². The van der Waals surface area contributed by atoms with E-state index in [2.05, 4.69) is 0 Å². The predicted octanol–water partition coefficient (Wildman–Crippen LogP) is 1.64. The second-order valence-corrected chi connectivity index (χ2v) is 6.80. The van der Waals surface area contributed by atoms with Gasteiger partial charge in [-0.1, -0.05) is 13.8 Å². The van der Waals surface area contributed by atoms with Crippen LogP contribution in [0.1, 0.15) is 13.8 Å². The minimum atomic E-state index is -3.19. The Hall–Kier alpha value is -1.56. The molecule has 0 aromatic heterocycles. The Morgan fingerprint density at radius 1 is 1.32 bits per heavy atom. The molecule has 0 aliphatic carbocycles. The summed E-state index contributed by atoms with van der Waals surface area (Å²) in [5.41, 5.74) is 0.795. The minimum Gasteiger partial charge on any atom is -0.481 e. The zero-order valence-corrected chi connectivity index (χ0v) is 12.1. The van der Waals surface area contributed by atoms with Gasteiger partial charge < -0.3 is 10.0 Å². The zero-order valence-electron chi connectivity index (χ0n) is 11.3. The molecule has 6 heteroatoms.